The van der Waals surface area contributed by atoms with Gasteiger partial charge in [0.1, 0.15) is 12.1 Å². The zero-order valence-electron chi connectivity index (χ0n) is 12.5. The topological polar surface area (TPSA) is 77.2 Å². The summed E-state index contributed by atoms with van der Waals surface area (Å²) in [5.41, 5.74) is 2.93. The van der Waals surface area contributed by atoms with Crippen molar-refractivity contribution in [1.82, 2.24) is 15.5 Å². The second-order valence-corrected chi connectivity index (χ2v) is 6.27. The Labute approximate surface area is 127 Å². The van der Waals surface area contributed by atoms with E-state index in [0.29, 0.717) is 18.3 Å². The van der Waals surface area contributed by atoms with Crippen molar-refractivity contribution < 1.29 is 14.1 Å². The summed E-state index contributed by atoms with van der Waals surface area (Å²) in [5, 5.41) is 7.01. The van der Waals surface area contributed by atoms with E-state index in [1.807, 2.05) is 26.0 Å². The number of rotatable bonds is 2. The van der Waals surface area contributed by atoms with E-state index in [-0.39, 0.29) is 17.6 Å². The van der Waals surface area contributed by atoms with Gasteiger partial charge in [0, 0.05) is 11.5 Å². The van der Waals surface area contributed by atoms with Crippen LogP contribution in [0.1, 0.15) is 43.2 Å². The summed E-state index contributed by atoms with van der Waals surface area (Å²) < 4.78 is 10.4. The van der Waals surface area contributed by atoms with Gasteiger partial charge in [0.05, 0.1) is 0 Å². The quantitative estimate of drug-likeness (QED) is 0.922. The molecule has 0 bridgehead atoms. The molecule has 1 saturated heterocycles. The van der Waals surface area contributed by atoms with Crippen LogP contribution in [0.5, 0.6) is 0 Å². The molecule has 1 atom stereocenters. The zero-order chi connectivity index (χ0) is 15.3. The maximum Gasteiger partial charge on any atom is 0.408 e. The minimum Gasteiger partial charge on any atom is -0.447 e. The maximum atomic E-state index is 11.4. The van der Waals surface area contributed by atoms with E-state index in [1.165, 1.54) is 5.56 Å². The van der Waals surface area contributed by atoms with Gasteiger partial charge in [-0.25, -0.2) is 4.79 Å². The van der Waals surface area contributed by atoms with Crippen molar-refractivity contribution in [1.29, 1.82) is 0 Å². The average molecular weight is 299 g/mol. The van der Waals surface area contributed by atoms with Gasteiger partial charge in [0.25, 0.3) is 0 Å². The summed E-state index contributed by atoms with van der Waals surface area (Å²) >= 11 is 0. The second-order valence-electron chi connectivity index (χ2n) is 6.27. The highest BCUT2D eigenvalue weighted by Gasteiger charge is 2.45. The van der Waals surface area contributed by atoms with Crippen molar-refractivity contribution in [3.8, 4) is 11.4 Å². The lowest BCUT2D eigenvalue weighted by atomic mass is 9.93. The Morgan fingerprint density at radius 3 is 2.91 bits per heavy atom. The SMILES string of the molecule is CC(C)c1nc(-c2ccc3c(c2)CC[C@@]32COC(=O)N2)no1. The number of nitrogens with one attached hydrogen (secondary N) is 1. The Hall–Kier alpha value is -2.37. The van der Waals surface area contributed by atoms with Gasteiger partial charge in [-0.2, -0.15) is 4.98 Å². The largest absolute Gasteiger partial charge is 0.447 e. The van der Waals surface area contributed by atoms with Gasteiger partial charge in [-0.05, 0) is 30.0 Å². The number of aromatic nitrogens is 2. The second kappa shape index (κ2) is 4.56. The van der Waals surface area contributed by atoms with Crippen molar-refractivity contribution in [2.75, 3.05) is 6.61 Å². The summed E-state index contributed by atoms with van der Waals surface area (Å²) in [4.78, 5) is 15.8. The van der Waals surface area contributed by atoms with Crippen molar-refractivity contribution in [2.24, 2.45) is 0 Å². The van der Waals surface area contributed by atoms with E-state index in [9.17, 15) is 4.79 Å². The Morgan fingerprint density at radius 2 is 2.23 bits per heavy atom. The van der Waals surface area contributed by atoms with Crippen LogP contribution in [0.15, 0.2) is 22.7 Å². The molecule has 0 saturated carbocycles. The van der Waals surface area contributed by atoms with Gasteiger partial charge in [-0.15, -0.1) is 0 Å². The van der Waals surface area contributed by atoms with E-state index >= 15 is 0 Å². The number of aryl methyl sites for hydroxylation is 1. The van der Waals surface area contributed by atoms with Crippen LogP contribution in [-0.4, -0.2) is 22.8 Å². The van der Waals surface area contributed by atoms with Crippen molar-refractivity contribution >= 4 is 6.09 Å². The molecule has 1 amide bonds. The van der Waals surface area contributed by atoms with Crippen LogP contribution < -0.4 is 5.32 Å². The molecule has 0 radical (unpaired) electrons. The van der Waals surface area contributed by atoms with Crippen LogP contribution in [0, 0.1) is 0 Å². The first kappa shape index (κ1) is 13.3. The van der Waals surface area contributed by atoms with Gasteiger partial charge < -0.3 is 14.6 Å². The van der Waals surface area contributed by atoms with Gasteiger partial charge in [-0.1, -0.05) is 31.1 Å². The first-order valence-corrected chi connectivity index (χ1v) is 7.50. The lowest BCUT2D eigenvalue weighted by molar-refractivity contribution is 0.172. The number of carbonyl (C=O) groups is 1. The molecule has 1 spiro atoms. The molecule has 1 aromatic heterocycles. The van der Waals surface area contributed by atoms with Crippen molar-refractivity contribution in [3.05, 3.63) is 35.2 Å². The van der Waals surface area contributed by atoms with Crippen LogP contribution in [0.25, 0.3) is 11.4 Å². The fourth-order valence-electron chi connectivity index (χ4n) is 3.21. The smallest absolute Gasteiger partial charge is 0.408 e. The first-order valence-electron chi connectivity index (χ1n) is 7.50. The predicted molar refractivity (Wildman–Crippen MR) is 78.3 cm³/mol. The average Bonchev–Trinajstić information content (AvgIpc) is 3.19. The lowest BCUT2D eigenvalue weighted by Gasteiger charge is -2.21. The zero-order valence-corrected chi connectivity index (χ0v) is 12.5. The van der Waals surface area contributed by atoms with E-state index in [4.69, 9.17) is 9.26 Å². The molecule has 2 heterocycles. The predicted octanol–water partition coefficient (Wildman–Crippen LogP) is 2.74. The highest BCUT2D eigenvalue weighted by atomic mass is 16.6. The number of amides is 1. The monoisotopic (exact) mass is 299 g/mol. The fraction of sp³-hybridized carbons (Fsp3) is 0.438. The summed E-state index contributed by atoms with van der Waals surface area (Å²) in [6.45, 7) is 4.44. The molecule has 1 N–H and O–H groups in total. The molecule has 2 aliphatic rings. The Bertz CT molecular complexity index is 753. The van der Waals surface area contributed by atoms with Crippen LogP contribution in [0.3, 0.4) is 0 Å². The number of alkyl carbamates (subject to hydrolysis) is 1. The third-order valence-corrected chi connectivity index (χ3v) is 4.43. The molecule has 22 heavy (non-hydrogen) atoms. The lowest BCUT2D eigenvalue weighted by Crippen LogP contribution is -2.38. The van der Waals surface area contributed by atoms with Crippen LogP contribution >= 0.6 is 0 Å². The van der Waals surface area contributed by atoms with E-state index in [1.54, 1.807) is 0 Å². The standard InChI is InChI=1S/C16H17N3O3/c1-9(2)14-17-13(19-22-14)11-3-4-12-10(7-11)5-6-16(12)8-21-15(20)18-16/h3-4,7,9H,5-6,8H2,1-2H3,(H,18,20)/t16-/m1/s1. The Morgan fingerprint density at radius 1 is 1.36 bits per heavy atom. The Kier molecular flexibility index (Phi) is 2.76. The van der Waals surface area contributed by atoms with E-state index in [0.717, 1.165) is 24.0 Å². The highest BCUT2D eigenvalue weighted by molar-refractivity contribution is 5.72. The minimum atomic E-state index is -0.356. The van der Waals surface area contributed by atoms with Crippen LogP contribution in [0.4, 0.5) is 4.79 Å². The molecule has 1 aliphatic carbocycles. The molecule has 1 fully saturated rings. The molecule has 6 nitrogen and oxygen atoms in total. The van der Waals surface area contributed by atoms with E-state index < -0.39 is 0 Å². The van der Waals surface area contributed by atoms with Gasteiger partial charge in [0.15, 0.2) is 0 Å². The molecular formula is C16H17N3O3. The molecule has 0 unspecified atom stereocenters. The number of hydrogen-bond acceptors (Lipinski definition) is 5. The Balaban J connectivity index is 1.69. The minimum absolute atomic E-state index is 0.213. The molecule has 6 heteroatoms. The number of carbonyl (C=O) groups excluding carboxylic acids is 1. The van der Waals surface area contributed by atoms with Gasteiger partial charge in [-0.3, -0.25) is 0 Å². The van der Waals surface area contributed by atoms with Crippen molar-refractivity contribution in [2.45, 2.75) is 38.1 Å². The highest BCUT2D eigenvalue weighted by Crippen LogP contribution is 2.40. The third kappa shape index (κ3) is 1.90. The molecule has 2 aromatic rings. The third-order valence-electron chi connectivity index (χ3n) is 4.43. The van der Waals surface area contributed by atoms with Gasteiger partial charge >= 0.3 is 6.09 Å². The number of hydrogen-bond donors (Lipinski definition) is 1. The summed E-state index contributed by atoms with van der Waals surface area (Å²) in [5.74, 6) is 1.47. The molecule has 114 valence electrons. The van der Waals surface area contributed by atoms with E-state index in [2.05, 4.69) is 21.5 Å². The van der Waals surface area contributed by atoms with Gasteiger partial charge in [0.2, 0.25) is 11.7 Å². The number of benzene rings is 1. The van der Waals surface area contributed by atoms with Crippen LogP contribution in [-0.2, 0) is 16.7 Å². The summed E-state index contributed by atoms with van der Waals surface area (Å²) in [6, 6.07) is 6.10. The molecule has 1 aromatic carbocycles. The summed E-state index contributed by atoms with van der Waals surface area (Å²) in [7, 11) is 0. The maximum absolute atomic E-state index is 11.4. The number of nitrogens with zero attached hydrogens (tertiary/aromatic N) is 2. The molecular weight excluding hydrogens is 282 g/mol. The van der Waals surface area contributed by atoms with Crippen molar-refractivity contribution in [3.63, 3.8) is 0 Å². The number of cyclic esters (lactones) is 1. The number of fused-ring (bicyclic) bond motifs is 2. The summed E-state index contributed by atoms with van der Waals surface area (Å²) in [6.07, 6.45) is 1.43. The first-order chi connectivity index (χ1) is 10.6. The fourth-order valence-corrected chi connectivity index (χ4v) is 3.21. The molecule has 4 rings (SSSR count). The van der Waals surface area contributed by atoms with Crippen LogP contribution in [0.2, 0.25) is 0 Å². The normalized spacial score (nSPS) is 23.0. The molecule has 1 aliphatic heterocycles. The number of ether oxygens (including phenoxy) is 1.